The minimum absolute atomic E-state index is 0.0349. The number of nitrogens with one attached hydrogen (secondary N) is 3. The van der Waals surface area contributed by atoms with Gasteiger partial charge in [-0.1, -0.05) is 13.8 Å². The van der Waals surface area contributed by atoms with E-state index in [-0.39, 0.29) is 36.0 Å². The predicted octanol–water partition coefficient (Wildman–Crippen LogP) is 1.78. The van der Waals surface area contributed by atoms with Gasteiger partial charge in [0.15, 0.2) is 0 Å². The van der Waals surface area contributed by atoms with Crippen LogP contribution in [0.4, 0.5) is 4.79 Å². The molecular weight excluding hydrogens is 242 g/mol. The van der Waals surface area contributed by atoms with Gasteiger partial charge >= 0.3 is 6.03 Å². The Kier molecular flexibility index (Phi) is 6.12. The zero-order valence-corrected chi connectivity index (χ0v) is 12.5. The first-order valence-electron chi connectivity index (χ1n) is 7.26. The Morgan fingerprint density at radius 3 is 1.79 bits per heavy atom. The minimum atomic E-state index is -0.0929. The summed E-state index contributed by atoms with van der Waals surface area (Å²) in [7, 11) is 0. The molecule has 0 heterocycles. The molecule has 0 aromatic heterocycles. The van der Waals surface area contributed by atoms with E-state index in [0.717, 1.165) is 25.7 Å². The van der Waals surface area contributed by atoms with Gasteiger partial charge in [0.1, 0.15) is 0 Å². The SMILES string of the molecule is CC(C)NC(=O)N[C@H]1CC[C@@H](NC(=O)C(C)C)CC1. The molecule has 0 unspecified atom stereocenters. The third-order valence-corrected chi connectivity index (χ3v) is 3.35. The molecule has 0 aromatic rings. The smallest absolute Gasteiger partial charge is 0.315 e. The molecule has 1 fully saturated rings. The quantitative estimate of drug-likeness (QED) is 0.728. The zero-order valence-electron chi connectivity index (χ0n) is 12.5. The van der Waals surface area contributed by atoms with Gasteiger partial charge < -0.3 is 16.0 Å². The maximum absolute atomic E-state index is 11.6. The highest BCUT2D eigenvalue weighted by molar-refractivity contribution is 5.78. The van der Waals surface area contributed by atoms with Crippen molar-refractivity contribution in [2.24, 2.45) is 5.92 Å². The van der Waals surface area contributed by atoms with E-state index in [1.54, 1.807) is 0 Å². The van der Waals surface area contributed by atoms with Crippen LogP contribution in [0.3, 0.4) is 0 Å². The molecule has 5 nitrogen and oxygen atoms in total. The fourth-order valence-electron chi connectivity index (χ4n) is 2.24. The van der Waals surface area contributed by atoms with Crippen molar-refractivity contribution in [1.29, 1.82) is 0 Å². The summed E-state index contributed by atoms with van der Waals surface area (Å²) in [6, 6.07) is 0.554. The molecule has 0 saturated heterocycles. The summed E-state index contributed by atoms with van der Waals surface area (Å²) in [5, 5.41) is 8.87. The maximum Gasteiger partial charge on any atom is 0.315 e. The van der Waals surface area contributed by atoms with Gasteiger partial charge in [-0.25, -0.2) is 4.79 Å². The van der Waals surface area contributed by atoms with Crippen LogP contribution in [0.1, 0.15) is 53.4 Å². The lowest BCUT2D eigenvalue weighted by Crippen LogP contribution is -2.48. The second kappa shape index (κ2) is 7.36. The van der Waals surface area contributed by atoms with E-state index >= 15 is 0 Å². The van der Waals surface area contributed by atoms with Crippen molar-refractivity contribution in [2.75, 3.05) is 0 Å². The Hall–Kier alpha value is -1.26. The monoisotopic (exact) mass is 269 g/mol. The van der Waals surface area contributed by atoms with Gasteiger partial charge in [0.2, 0.25) is 5.91 Å². The van der Waals surface area contributed by atoms with Crippen LogP contribution in [0, 0.1) is 5.92 Å². The average molecular weight is 269 g/mol. The largest absolute Gasteiger partial charge is 0.353 e. The second-order valence-corrected chi connectivity index (χ2v) is 5.98. The maximum atomic E-state index is 11.6. The number of amides is 3. The molecule has 0 aromatic carbocycles. The molecule has 5 heteroatoms. The van der Waals surface area contributed by atoms with Gasteiger partial charge in [-0.15, -0.1) is 0 Å². The summed E-state index contributed by atoms with van der Waals surface area (Å²) >= 11 is 0. The molecule has 110 valence electrons. The van der Waals surface area contributed by atoms with Gasteiger partial charge in [-0.05, 0) is 39.5 Å². The molecule has 19 heavy (non-hydrogen) atoms. The Labute approximate surface area is 115 Å². The second-order valence-electron chi connectivity index (χ2n) is 5.98. The molecular formula is C14H27N3O2. The highest BCUT2D eigenvalue weighted by Gasteiger charge is 2.24. The van der Waals surface area contributed by atoms with Gasteiger partial charge in [-0.2, -0.15) is 0 Å². The van der Waals surface area contributed by atoms with Crippen LogP contribution in [0.2, 0.25) is 0 Å². The van der Waals surface area contributed by atoms with Gasteiger partial charge in [-0.3, -0.25) is 4.79 Å². The molecule has 3 N–H and O–H groups in total. The minimum Gasteiger partial charge on any atom is -0.353 e. The van der Waals surface area contributed by atoms with Crippen molar-refractivity contribution in [3.8, 4) is 0 Å². The van der Waals surface area contributed by atoms with Crippen molar-refractivity contribution in [3.05, 3.63) is 0 Å². The summed E-state index contributed by atoms with van der Waals surface area (Å²) in [5.41, 5.74) is 0. The number of hydrogen-bond acceptors (Lipinski definition) is 2. The van der Waals surface area contributed by atoms with Crippen LogP contribution in [0.5, 0.6) is 0 Å². The van der Waals surface area contributed by atoms with Crippen molar-refractivity contribution >= 4 is 11.9 Å². The normalized spacial score (nSPS) is 23.3. The first kappa shape index (κ1) is 15.8. The highest BCUT2D eigenvalue weighted by atomic mass is 16.2. The van der Waals surface area contributed by atoms with E-state index in [2.05, 4.69) is 16.0 Å². The summed E-state index contributed by atoms with van der Waals surface area (Å²) in [6.07, 6.45) is 3.72. The van der Waals surface area contributed by atoms with Gasteiger partial charge in [0, 0.05) is 24.0 Å². The summed E-state index contributed by atoms with van der Waals surface area (Å²) < 4.78 is 0. The molecule has 0 spiro atoms. The van der Waals surface area contributed by atoms with E-state index in [1.165, 1.54) is 0 Å². The van der Waals surface area contributed by atoms with E-state index in [9.17, 15) is 9.59 Å². The van der Waals surface area contributed by atoms with E-state index in [4.69, 9.17) is 0 Å². The van der Waals surface area contributed by atoms with Crippen LogP contribution >= 0.6 is 0 Å². The third kappa shape index (κ3) is 5.94. The molecule has 3 amide bonds. The summed E-state index contributed by atoms with van der Waals surface area (Å²) in [6.45, 7) is 7.69. The van der Waals surface area contributed by atoms with Gasteiger partial charge in [0.05, 0.1) is 0 Å². The summed E-state index contributed by atoms with van der Waals surface area (Å²) in [4.78, 5) is 23.2. The van der Waals surface area contributed by atoms with Crippen LogP contribution in [-0.2, 0) is 4.79 Å². The van der Waals surface area contributed by atoms with Crippen LogP contribution < -0.4 is 16.0 Å². The fourth-order valence-corrected chi connectivity index (χ4v) is 2.24. The lowest BCUT2D eigenvalue weighted by Gasteiger charge is -2.30. The van der Waals surface area contributed by atoms with E-state index in [0.29, 0.717) is 0 Å². The summed E-state index contributed by atoms with van der Waals surface area (Å²) in [5.74, 6) is 0.154. The van der Waals surface area contributed by atoms with Crippen LogP contribution in [-0.4, -0.2) is 30.1 Å². The van der Waals surface area contributed by atoms with Crippen molar-refractivity contribution in [2.45, 2.75) is 71.5 Å². The van der Waals surface area contributed by atoms with Crippen molar-refractivity contribution < 1.29 is 9.59 Å². The molecule has 0 bridgehead atoms. The highest BCUT2D eigenvalue weighted by Crippen LogP contribution is 2.19. The van der Waals surface area contributed by atoms with Crippen LogP contribution in [0.25, 0.3) is 0 Å². The number of rotatable bonds is 4. The van der Waals surface area contributed by atoms with Crippen molar-refractivity contribution in [3.63, 3.8) is 0 Å². The zero-order chi connectivity index (χ0) is 14.4. The van der Waals surface area contributed by atoms with Crippen LogP contribution in [0.15, 0.2) is 0 Å². The van der Waals surface area contributed by atoms with Crippen molar-refractivity contribution in [1.82, 2.24) is 16.0 Å². The predicted molar refractivity (Wildman–Crippen MR) is 75.8 cm³/mol. The Balaban J connectivity index is 2.25. The fraction of sp³-hybridized carbons (Fsp3) is 0.857. The number of carbonyl (C=O) groups is 2. The molecule has 1 rings (SSSR count). The lowest BCUT2D eigenvalue weighted by atomic mass is 9.91. The lowest BCUT2D eigenvalue weighted by molar-refractivity contribution is -0.124. The number of urea groups is 1. The van der Waals surface area contributed by atoms with E-state index < -0.39 is 0 Å². The topological polar surface area (TPSA) is 70.2 Å². The molecule has 0 aliphatic heterocycles. The third-order valence-electron chi connectivity index (χ3n) is 3.35. The standard InChI is InChI=1S/C14H27N3O2/c1-9(2)13(18)16-11-5-7-12(8-6-11)17-14(19)15-10(3)4/h9-12H,5-8H2,1-4H3,(H,16,18)(H2,15,17,19)/t11-,12+. The first-order chi connectivity index (χ1) is 8.88. The Morgan fingerprint density at radius 2 is 1.37 bits per heavy atom. The molecule has 0 atom stereocenters. The molecule has 0 radical (unpaired) electrons. The first-order valence-corrected chi connectivity index (χ1v) is 7.26. The van der Waals surface area contributed by atoms with E-state index in [1.807, 2.05) is 27.7 Å². The Bertz CT molecular complexity index is 308. The van der Waals surface area contributed by atoms with Gasteiger partial charge in [0.25, 0.3) is 0 Å². The average Bonchev–Trinajstić information content (AvgIpc) is 2.30. The number of carbonyl (C=O) groups excluding carboxylic acids is 2. The Morgan fingerprint density at radius 1 is 0.895 bits per heavy atom. The molecule has 1 aliphatic rings. The molecule has 1 aliphatic carbocycles. The molecule has 1 saturated carbocycles. The number of hydrogen-bond donors (Lipinski definition) is 3.